The van der Waals surface area contributed by atoms with Crippen molar-refractivity contribution in [3.63, 3.8) is 0 Å². The molecule has 2 heterocycles. The normalized spacial score (nSPS) is 17.0. The molecule has 0 aliphatic rings. The summed E-state index contributed by atoms with van der Waals surface area (Å²) in [7, 11) is 1.62. The zero-order valence-electron chi connectivity index (χ0n) is 32.1. The molecule has 0 bridgehead atoms. The van der Waals surface area contributed by atoms with Crippen LogP contribution in [0.25, 0.3) is 49.2 Å². The fraction of sp³-hybridized carbons (Fsp3) is 0.273. The van der Waals surface area contributed by atoms with Gasteiger partial charge in [-0.1, -0.05) is 75.2 Å². The van der Waals surface area contributed by atoms with E-state index in [0.717, 1.165) is 0 Å². The summed E-state index contributed by atoms with van der Waals surface area (Å²) in [5.74, 6) is 0. The molecular formula is C33H33N2O+. The van der Waals surface area contributed by atoms with E-state index in [-0.39, 0.29) is 56.5 Å². The van der Waals surface area contributed by atoms with E-state index >= 15 is 0 Å². The Morgan fingerprint density at radius 1 is 1.03 bits per heavy atom. The summed E-state index contributed by atoms with van der Waals surface area (Å²) in [6.45, 7) is 13.4. The van der Waals surface area contributed by atoms with E-state index in [4.69, 9.17) is 24.7 Å². The first-order valence-corrected chi connectivity index (χ1v) is 11.6. The van der Waals surface area contributed by atoms with Crippen molar-refractivity contribution in [2.75, 3.05) is 0 Å². The minimum absolute atomic E-state index is 0.0126. The van der Waals surface area contributed by atoms with Gasteiger partial charge in [-0.15, -0.1) is 0 Å². The number of rotatable bonds is 3. The fourth-order valence-electron chi connectivity index (χ4n) is 4.48. The van der Waals surface area contributed by atoms with Crippen molar-refractivity contribution in [2.45, 2.75) is 47.8 Å². The third-order valence-electron chi connectivity index (χ3n) is 6.30. The van der Waals surface area contributed by atoms with E-state index in [1.54, 1.807) is 64.4 Å². The van der Waals surface area contributed by atoms with Gasteiger partial charge in [0.25, 0.3) is 0 Å². The van der Waals surface area contributed by atoms with Gasteiger partial charge >= 0.3 is 0 Å². The average Bonchev–Trinajstić information content (AvgIpc) is 3.35. The maximum atomic E-state index is 9.45. The van der Waals surface area contributed by atoms with Gasteiger partial charge in [0.05, 0.1) is 20.4 Å². The lowest BCUT2D eigenvalue weighted by atomic mass is 9.85. The molecule has 0 amide bonds. The summed E-state index contributed by atoms with van der Waals surface area (Å²) in [5, 5.41) is 1.04. The molecule has 3 nitrogen and oxygen atoms in total. The highest BCUT2D eigenvalue weighted by Gasteiger charge is 2.27. The number of pyridine rings is 1. The van der Waals surface area contributed by atoms with Crippen molar-refractivity contribution in [1.29, 1.82) is 0 Å². The molecule has 0 saturated heterocycles. The van der Waals surface area contributed by atoms with Gasteiger partial charge in [-0.3, -0.25) is 0 Å². The molecule has 0 N–H and O–H groups in total. The summed E-state index contributed by atoms with van der Waals surface area (Å²) in [5.41, 5.74) is 0.174. The van der Waals surface area contributed by atoms with Gasteiger partial charge in [0.1, 0.15) is 18.2 Å². The maximum absolute atomic E-state index is 9.45. The van der Waals surface area contributed by atoms with Crippen LogP contribution in [-0.4, -0.2) is 0 Å². The van der Waals surface area contributed by atoms with Crippen molar-refractivity contribution < 1.29 is 24.1 Å². The number of hydrogen-bond acceptors (Lipinski definition) is 1. The third-order valence-corrected chi connectivity index (χ3v) is 6.30. The Hall–Kier alpha value is -3.90. The molecule has 3 heteroatoms. The van der Waals surface area contributed by atoms with Crippen molar-refractivity contribution in [2.24, 2.45) is 12.5 Å². The molecule has 2 aromatic heterocycles. The van der Waals surface area contributed by atoms with Crippen LogP contribution in [0.2, 0.25) is 0 Å². The van der Waals surface area contributed by atoms with Crippen molar-refractivity contribution >= 4 is 27.6 Å². The van der Waals surface area contributed by atoms with Crippen LogP contribution < -0.4 is 4.57 Å². The second kappa shape index (κ2) is 8.64. The fourth-order valence-corrected chi connectivity index (χ4v) is 4.48. The van der Waals surface area contributed by atoms with E-state index in [0.29, 0.717) is 21.9 Å². The molecular weight excluding hydrogens is 440 g/mol. The molecule has 0 atom stereocenters. The predicted molar refractivity (Wildman–Crippen MR) is 149 cm³/mol. The summed E-state index contributed by atoms with van der Waals surface area (Å²) >= 11 is 0. The Bertz CT molecular complexity index is 2170. The lowest BCUT2D eigenvalue weighted by molar-refractivity contribution is -0.667. The van der Waals surface area contributed by atoms with Crippen LogP contribution in [0, 0.1) is 32.7 Å². The minimum Gasteiger partial charge on any atom is -0.456 e. The molecule has 5 aromatic rings. The Labute approximate surface area is 229 Å². The molecule has 0 aliphatic carbocycles. The summed E-state index contributed by atoms with van der Waals surface area (Å²) in [6, 6.07) is 3.76. The van der Waals surface area contributed by atoms with Gasteiger partial charge < -0.3 is 4.42 Å². The Morgan fingerprint density at radius 3 is 2.33 bits per heavy atom. The topological polar surface area (TPSA) is 21.4 Å². The number of benzene rings is 3. The standard InChI is InChI=1S/C33H33N2O/c1-20-14-15-25-26-16-17-27(34-7)30(23-12-10-9-11-13-23)32(26)36-31(25)29(20)28-18-24(19-33(4,5)6)21(2)22(3)35(28)8/h9-18H,19H2,1-6,8H3/q+1/i2D3,9D,10D,11D,12D,13D,18D,19D2. The Morgan fingerprint density at radius 2 is 1.69 bits per heavy atom. The van der Waals surface area contributed by atoms with Crippen LogP contribution in [0.3, 0.4) is 0 Å². The van der Waals surface area contributed by atoms with Gasteiger partial charge in [0.15, 0.2) is 11.4 Å². The first-order valence-electron chi connectivity index (χ1n) is 17.1. The largest absolute Gasteiger partial charge is 0.456 e. The molecule has 0 fully saturated rings. The second-order valence-electron chi connectivity index (χ2n) is 9.93. The molecule has 0 unspecified atom stereocenters. The van der Waals surface area contributed by atoms with E-state index in [1.807, 2.05) is 0 Å². The van der Waals surface area contributed by atoms with Crippen LogP contribution in [0.5, 0.6) is 0 Å². The van der Waals surface area contributed by atoms with E-state index in [9.17, 15) is 1.37 Å². The molecule has 0 radical (unpaired) electrons. The van der Waals surface area contributed by atoms with Gasteiger partial charge in [-0.25, -0.2) is 4.85 Å². The van der Waals surface area contributed by atoms with Gasteiger partial charge in [0, 0.05) is 41.7 Å². The average molecular weight is 485 g/mol. The molecule has 0 saturated carbocycles. The predicted octanol–water partition coefficient (Wildman–Crippen LogP) is 8.81. The summed E-state index contributed by atoms with van der Waals surface area (Å²) < 4.78 is 103. The highest BCUT2D eigenvalue weighted by molar-refractivity contribution is 6.15. The zero-order chi connectivity index (χ0) is 35.3. The molecule has 3 aromatic carbocycles. The molecule has 0 aliphatic heterocycles. The quantitative estimate of drug-likeness (QED) is 0.185. The lowest BCUT2D eigenvalue weighted by Crippen LogP contribution is -2.36. The number of furan rings is 1. The van der Waals surface area contributed by atoms with Gasteiger partial charge in [0.2, 0.25) is 5.69 Å². The first kappa shape index (κ1) is 14.0. The lowest BCUT2D eigenvalue weighted by Gasteiger charge is -2.20. The first-order chi connectivity index (χ1) is 21.6. The van der Waals surface area contributed by atoms with Crippen molar-refractivity contribution in [3.05, 3.63) is 94.3 Å². The summed E-state index contributed by atoms with van der Waals surface area (Å²) in [4.78, 5) is 3.59. The van der Waals surface area contributed by atoms with Crippen molar-refractivity contribution in [3.8, 4) is 22.4 Å². The van der Waals surface area contributed by atoms with Gasteiger partial charge in [-0.2, -0.15) is 4.57 Å². The number of fused-ring (bicyclic) bond motifs is 3. The molecule has 36 heavy (non-hydrogen) atoms. The van der Waals surface area contributed by atoms with Crippen LogP contribution in [0.4, 0.5) is 5.69 Å². The van der Waals surface area contributed by atoms with E-state index in [2.05, 4.69) is 4.85 Å². The van der Waals surface area contributed by atoms with E-state index < -0.39 is 48.9 Å². The second-order valence-corrected chi connectivity index (χ2v) is 9.93. The molecule has 180 valence electrons. The Kier molecular flexibility index (Phi) is 3.36. The number of hydrogen-bond donors (Lipinski definition) is 0. The van der Waals surface area contributed by atoms with Gasteiger partial charge in [-0.05, 0) is 42.3 Å². The number of aryl methyl sites for hydroxylation is 1. The summed E-state index contributed by atoms with van der Waals surface area (Å²) in [6.07, 6.45) is -2.24. The van der Waals surface area contributed by atoms with E-state index in [1.165, 1.54) is 6.07 Å². The van der Waals surface area contributed by atoms with Crippen molar-refractivity contribution in [1.82, 2.24) is 0 Å². The maximum Gasteiger partial charge on any atom is 0.216 e. The third kappa shape index (κ3) is 3.88. The van der Waals surface area contributed by atoms with Crippen LogP contribution in [0.1, 0.15) is 58.2 Å². The number of aromatic nitrogens is 1. The van der Waals surface area contributed by atoms with Crippen LogP contribution >= 0.6 is 0 Å². The molecule has 0 spiro atoms. The smallest absolute Gasteiger partial charge is 0.216 e. The molecule has 5 rings (SSSR count). The highest BCUT2D eigenvalue weighted by atomic mass is 16.3. The zero-order valence-corrected chi connectivity index (χ0v) is 21.1. The highest BCUT2D eigenvalue weighted by Crippen LogP contribution is 2.44. The van der Waals surface area contributed by atoms with Crippen LogP contribution in [-0.2, 0) is 13.4 Å². The van der Waals surface area contributed by atoms with Crippen LogP contribution in [0.15, 0.2) is 64.9 Å². The SMILES string of the molecule is [2H]c1c([2H])c([2H])c(-c2c([N+]#[C-])ccc3c2oc2c(-c4c([2H])c(C([2H])([2H])C(C)(C)C)c(C([2H])([2H])[2H])c(C)[n+]4C)c(C)ccc23)c([2H])c1[2H]. The Balaban J connectivity index is 2.01. The number of nitrogens with zero attached hydrogens (tertiary/aromatic N) is 2. The monoisotopic (exact) mass is 484 g/mol. The minimum atomic E-state index is -2.72.